The Morgan fingerprint density at radius 3 is 2.58 bits per heavy atom. The molecule has 2 aromatic rings. The number of nitrogens with zero attached hydrogens (tertiary/aromatic N) is 4. The summed E-state index contributed by atoms with van der Waals surface area (Å²) in [5, 5.41) is 15.9. The average molecular weight is 337 g/mol. The fourth-order valence-electron chi connectivity index (χ4n) is 2.42. The van der Waals surface area contributed by atoms with E-state index in [1.165, 1.54) is 12.1 Å². The fraction of sp³-hybridized carbons (Fsp3) is 0.375. The molecule has 1 atom stereocenters. The maximum Gasteiger partial charge on any atom is 0.418 e. The topological polar surface area (TPSA) is 56.9 Å². The lowest BCUT2D eigenvalue weighted by molar-refractivity contribution is -0.137. The largest absolute Gasteiger partial charge is 0.418 e. The van der Waals surface area contributed by atoms with Gasteiger partial charge in [-0.3, -0.25) is 4.68 Å². The second kappa shape index (κ2) is 6.93. The first-order valence-corrected chi connectivity index (χ1v) is 7.22. The maximum atomic E-state index is 13.1. The Kier molecular flexibility index (Phi) is 5.14. The number of hydrogen-bond donors (Lipinski definition) is 1. The number of aryl methyl sites for hydroxylation is 1. The van der Waals surface area contributed by atoms with E-state index in [1.54, 1.807) is 17.9 Å². The zero-order chi connectivity index (χ0) is 17.9. The van der Waals surface area contributed by atoms with Gasteiger partial charge in [-0.25, -0.2) is 0 Å². The SMILES string of the molecule is CN(C)C(CNc1cc(C#N)ccc1C(F)(F)F)c1cnn(C)c1. The highest BCUT2D eigenvalue weighted by molar-refractivity contribution is 5.57. The highest BCUT2D eigenvalue weighted by atomic mass is 19.4. The lowest BCUT2D eigenvalue weighted by atomic mass is 10.1. The molecule has 128 valence electrons. The van der Waals surface area contributed by atoms with Crippen LogP contribution in [0.15, 0.2) is 30.6 Å². The Balaban J connectivity index is 2.27. The third kappa shape index (κ3) is 4.06. The summed E-state index contributed by atoms with van der Waals surface area (Å²) in [5.74, 6) is 0. The van der Waals surface area contributed by atoms with Crippen molar-refractivity contribution in [3.8, 4) is 6.07 Å². The second-order valence-corrected chi connectivity index (χ2v) is 5.68. The van der Waals surface area contributed by atoms with Gasteiger partial charge in [0.05, 0.1) is 29.4 Å². The van der Waals surface area contributed by atoms with Gasteiger partial charge in [-0.15, -0.1) is 0 Å². The van der Waals surface area contributed by atoms with Crippen LogP contribution in [-0.4, -0.2) is 35.3 Å². The molecule has 1 aromatic heterocycles. The van der Waals surface area contributed by atoms with Crippen molar-refractivity contribution < 1.29 is 13.2 Å². The molecule has 2 rings (SSSR count). The highest BCUT2D eigenvalue weighted by Crippen LogP contribution is 2.35. The summed E-state index contributed by atoms with van der Waals surface area (Å²) >= 11 is 0. The molecular weight excluding hydrogens is 319 g/mol. The van der Waals surface area contributed by atoms with E-state index in [-0.39, 0.29) is 23.8 Å². The van der Waals surface area contributed by atoms with Crippen molar-refractivity contribution in [3.05, 3.63) is 47.3 Å². The quantitative estimate of drug-likeness (QED) is 0.911. The number of aromatic nitrogens is 2. The molecule has 0 saturated heterocycles. The first-order valence-electron chi connectivity index (χ1n) is 7.22. The van der Waals surface area contributed by atoms with Crippen molar-refractivity contribution in [2.24, 2.45) is 7.05 Å². The summed E-state index contributed by atoms with van der Waals surface area (Å²) in [5.41, 5.74) is 0.177. The number of anilines is 1. The smallest absolute Gasteiger partial charge is 0.383 e. The molecule has 0 fully saturated rings. The predicted molar refractivity (Wildman–Crippen MR) is 84.3 cm³/mol. The van der Waals surface area contributed by atoms with Crippen molar-refractivity contribution in [2.75, 3.05) is 26.0 Å². The molecule has 0 amide bonds. The number of nitriles is 1. The predicted octanol–water partition coefficient (Wildman–Crippen LogP) is 3.03. The van der Waals surface area contributed by atoms with Crippen LogP contribution in [0.1, 0.15) is 22.7 Å². The molecule has 0 aliphatic carbocycles. The molecule has 1 unspecified atom stereocenters. The molecule has 0 aliphatic heterocycles. The van der Waals surface area contributed by atoms with E-state index >= 15 is 0 Å². The molecule has 1 N–H and O–H groups in total. The van der Waals surface area contributed by atoms with Crippen molar-refractivity contribution >= 4 is 5.69 Å². The average Bonchev–Trinajstić information content (AvgIpc) is 2.92. The molecule has 1 heterocycles. The first kappa shape index (κ1) is 17.8. The first-order chi connectivity index (χ1) is 11.2. The Morgan fingerprint density at radius 1 is 1.38 bits per heavy atom. The van der Waals surface area contributed by atoms with Gasteiger partial charge >= 0.3 is 6.18 Å². The zero-order valence-electron chi connectivity index (χ0n) is 13.6. The molecule has 1 aromatic carbocycles. The Hall–Kier alpha value is -2.53. The number of hydrogen-bond acceptors (Lipinski definition) is 4. The standard InChI is InChI=1S/C16H18F3N5/c1-23(2)15(12-8-22-24(3)10-12)9-21-14-6-11(7-20)4-5-13(14)16(17,18)19/h4-6,8,10,15,21H,9H2,1-3H3. The number of halogens is 3. The number of alkyl halides is 3. The van der Waals surface area contributed by atoms with Crippen LogP contribution < -0.4 is 5.32 Å². The molecule has 0 bridgehead atoms. The van der Waals surface area contributed by atoms with Crippen LogP contribution in [0.3, 0.4) is 0 Å². The molecule has 0 saturated carbocycles. The molecule has 8 heteroatoms. The summed E-state index contributed by atoms with van der Waals surface area (Å²) in [4.78, 5) is 1.89. The van der Waals surface area contributed by atoms with Crippen molar-refractivity contribution in [3.63, 3.8) is 0 Å². The van der Waals surface area contributed by atoms with Crippen LogP contribution in [0, 0.1) is 11.3 Å². The minimum Gasteiger partial charge on any atom is -0.383 e. The van der Waals surface area contributed by atoms with Crippen LogP contribution in [-0.2, 0) is 13.2 Å². The van der Waals surface area contributed by atoms with E-state index in [0.717, 1.165) is 11.6 Å². The van der Waals surface area contributed by atoms with Gasteiger partial charge in [0, 0.05) is 31.0 Å². The van der Waals surface area contributed by atoms with Gasteiger partial charge in [0.25, 0.3) is 0 Å². The summed E-state index contributed by atoms with van der Waals surface area (Å²) in [7, 11) is 5.47. The highest BCUT2D eigenvalue weighted by Gasteiger charge is 2.33. The molecule has 0 aliphatic rings. The lowest BCUT2D eigenvalue weighted by Gasteiger charge is -2.25. The van der Waals surface area contributed by atoms with Crippen LogP contribution in [0.2, 0.25) is 0 Å². The molecule has 24 heavy (non-hydrogen) atoms. The van der Waals surface area contributed by atoms with Crippen molar-refractivity contribution in [1.29, 1.82) is 5.26 Å². The Morgan fingerprint density at radius 2 is 2.08 bits per heavy atom. The Bertz CT molecular complexity index is 743. The molecule has 0 radical (unpaired) electrons. The van der Waals surface area contributed by atoms with E-state index in [2.05, 4.69) is 10.4 Å². The van der Waals surface area contributed by atoms with Crippen LogP contribution in [0.25, 0.3) is 0 Å². The van der Waals surface area contributed by atoms with E-state index in [1.807, 2.05) is 31.3 Å². The van der Waals surface area contributed by atoms with E-state index < -0.39 is 11.7 Å². The van der Waals surface area contributed by atoms with Gasteiger partial charge < -0.3 is 10.2 Å². The third-order valence-corrected chi connectivity index (χ3v) is 3.67. The monoisotopic (exact) mass is 337 g/mol. The third-order valence-electron chi connectivity index (χ3n) is 3.67. The van der Waals surface area contributed by atoms with Crippen molar-refractivity contribution in [1.82, 2.24) is 14.7 Å². The van der Waals surface area contributed by atoms with Gasteiger partial charge in [-0.2, -0.15) is 23.5 Å². The maximum absolute atomic E-state index is 13.1. The minimum atomic E-state index is -4.49. The molecular formula is C16H18F3N5. The summed E-state index contributed by atoms with van der Waals surface area (Å²) in [6, 6.07) is 5.01. The van der Waals surface area contributed by atoms with E-state index in [9.17, 15) is 13.2 Å². The number of rotatable bonds is 5. The summed E-state index contributed by atoms with van der Waals surface area (Å²) in [6.07, 6.45) is -0.982. The molecule has 5 nitrogen and oxygen atoms in total. The molecule has 0 spiro atoms. The fourth-order valence-corrected chi connectivity index (χ4v) is 2.42. The number of benzene rings is 1. The summed E-state index contributed by atoms with van der Waals surface area (Å²) < 4.78 is 41.1. The van der Waals surface area contributed by atoms with E-state index in [4.69, 9.17) is 5.26 Å². The number of nitrogens with one attached hydrogen (secondary N) is 1. The lowest BCUT2D eigenvalue weighted by Crippen LogP contribution is -2.27. The second-order valence-electron chi connectivity index (χ2n) is 5.68. The Labute approximate surface area is 138 Å². The van der Waals surface area contributed by atoms with Gasteiger partial charge in [0.2, 0.25) is 0 Å². The van der Waals surface area contributed by atoms with Crippen LogP contribution in [0.4, 0.5) is 18.9 Å². The van der Waals surface area contributed by atoms with Crippen LogP contribution in [0.5, 0.6) is 0 Å². The van der Waals surface area contributed by atoms with Gasteiger partial charge in [-0.05, 0) is 32.3 Å². The van der Waals surface area contributed by atoms with Gasteiger partial charge in [0.15, 0.2) is 0 Å². The zero-order valence-corrected chi connectivity index (χ0v) is 13.6. The normalized spacial score (nSPS) is 12.9. The summed E-state index contributed by atoms with van der Waals surface area (Å²) in [6.45, 7) is 0.247. The number of likely N-dealkylation sites (N-methyl/N-ethyl adjacent to an activating group) is 1. The van der Waals surface area contributed by atoms with Crippen molar-refractivity contribution in [2.45, 2.75) is 12.2 Å². The van der Waals surface area contributed by atoms with Gasteiger partial charge in [0.1, 0.15) is 0 Å². The van der Waals surface area contributed by atoms with E-state index in [0.29, 0.717) is 0 Å². The van der Waals surface area contributed by atoms with Gasteiger partial charge in [-0.1, -0.05) is 0 Å². The minimum absolute atomic E-state index is 0.0997. The van der Waals surface area contributed by atoms with Crippen LogP contribution >= 0.6 is 0 Å².